The summed E-state index contributed by atoms with van der Waals surface area (Å²) < 4.78 is 22.3. The zero-order valence-electron chi connectivity index (χ0n) is 18.3. The molecular formula is C25H29NO5. The first-order valence-electron chi connectivity index (χ1n) is 10.7. The van der Waals surface area contributed by atoms with Crippen molar-refractivity contribution in [1.29, 1.82) is 0 Å². The van der Waals surface area contributed by atoms with Crippen LogP contribution in [0.5, 0.6) is 17.2 Å². The summed E-state index contributed by atoms with van der Waals surface area (Å²) in [7, 11) is 1.60. The van der Waals surface area contributed by atoms with E-state index < -0.39 is 5.97 Å². The fourth-order valence-corrected chi connectivity index (χ4v) is 3.21. The number of rotatable bonds is 11. The van der Waals surface area contributed by atoms with Crippen molar-refractivity contribution in [1.82, 2.24) is 0 Å². The van der Waals surface area contributed by atoms with Gasteiger partial charge in [0.25, 0.3) is 0 Å². The number of hydrogen-bond acceptors (Lipinski definition) is 6. The highest BCUT2D eigenvalue weighted by atomic mass is 16.6. The average Bonchev–Trinajstić information content (AvgIpc) is 3.14. The maximum atomic E-state index is 12.4. The molecule has 0 unspecified atom stereocenters. The monoisotopic (exact) mass is 423 g/mol. The third kappa shape index (κ3) is 5.87. The van der Waals surface area contributed by atoms with E-state index in [9.17, 15) is 4.79 Å². The molecule has 1 aliphatic heterocycles. The number of ether oxygens (including phenoxy) is 4. The largest absolute Gasteiger partial charge is 0.493 e. The molecule has 0 atom stereocenters. The molecular weight excluding hydrogens is 394 g/mol. The average molecular weight is 424 g/mol. The van der Waals surface area contributed by atoms with Crippen LogP contribution < -0.4 is 14.2 Å². The molecule has 1 heterocycles. The van der Waals surface area contributed by atoms with Crippen LogP contribution in [0, 0.1) is 0 Å². The van der Waals surface area contributed by atoms with Crippen LogP contribution in [0.2, 0.25) is 0 Å². The molecule has 164 valence electrons. The Bertz CT molecular complexity index is 964. The van der Waals surface area contributed by atoms with Gasteiger partial charge < -0.3 is 18.9 Å². The molecule has 0 saturated heterocycles. The van der Waals surface area contributed by atoms with Crippen molar-refractivity contribution in [3.05, 3.63) is 59.3 Å². The number of carbonyl (C=O) groups is 1. The van der Waals surface area contributed by atoms with Gasteiger partial charge in [-0.3, -0.25) is 0 Å². The molecule has 31 heavy (non-hydrogen) atoms. The van der Waals surface area contributed by atoms with E-state index in [1.807, 2.05) is 49.4 Å². The second-order valence-electron chi connectivity index (χ2n) is 7.08. The van der Waals surface area contributed by atoms with Gasteiger partial charge in [0.15, 0.2) is 17.2 Å². The molecule has 0 saturated carbocycles. The van der Waals surface area contributed by atoms with Gasteiger partial charge in [-0.25, -0.2) is 9.79 Å². The summed E-state index contributed by atoms with van der Waals surface area (Å²) in [5.74, 6) is 1.66. The summed E-state index contributed by atoms with van der Waals surface area (Å²) in [5, 5.41) is 0. The molecule has 1 aliphatic rings. The summed E-state index contributed by atoms with van der Waals surface area (Å²) in [6.07, 6.45) is 6.23. The van der Waals surface area contributed by atoms with E-state index >= 15 is 0 Å². The molecule has 2 aromatic carbocycles. The van der Waals surface area contributed by atoms with Crippen molar-refractivity contribution in [3.63, 3.8) is 0 Å². The Morgan fingerprint density at radius 3 is 2.58 bits per heavy atom. The van der Waals surface area contributed by atoms with Gasteiger partial charge in [-0.1, -0.05) is 44.4 Å². The number of hydrogen-bond donors (Lipinski definition) is 0. The predicted molar refractivity (Wildman–Crippen MR) is 121 cm³/mol. The summed E-state index contributed by atoms with van der Waals surface area (Å²) in [6, 6.07) is 12.9. The van der Waals surface area contributed by atoms with E-state index in [0.29, 0.717) is 36.0 Å². The van der Waals surface area contributed by atoms with Crippen molar-refractivity contribution in [3.8, 4) is 17.2 Å². The standard InChI is InChI=1S/C25H29NO5/c1-4-6-7-10-15-30-22-14-13-18(17-23(22)28-3)16-20-25(27)31-24(26-20)19-11-8-9-12-21(19)29-5-2/h8-9,11-14,16-17H,4-7,10,15H2,1-3H3. The molecule has 0 bridgehead atoms. The second kappa shape index (κ2) is 11.2. The van der Waals surface area contributed by atoms with Crippen LogP contribution in [0.3, 0.4) is 0 Å². The van der Waals surface area contributed by atoms with Crippen LogP contribution in [0.1, 0.15) is 50.7 Å². The van der Waals surface area contributed by atoms with Gasteiger partial charge in [0, 0.05) is 0 Å². The molecule has 0 N–H and O–H groups in total. The number of cyclic esters (lactones) is 1. The fraction of sp³-hybridized carbons (Fsp3) is 0.360. The summed E-state index contributed by atoms with van der Waals surface area (Å²) in [5.41, 5.74) is 1.63. The summed E-state index contributed by atoms with van der Waals surface area (Å²) in [4.78, 5) is 16.8. The first kappa shape index (κ1) is 22.4. The van der Waals surface area contributed by atoms with Crippen LogP contribution in [-0.4, -0.2) is 32.2 Å². The molecule has 0 radical (unpaired) electrons. The first-order chi connectivity index (χ1) is 15.2. The lowest BCUT2D eigenvalue weighted by Gasteiger charge is -2.11. The van der Waals surface area contributed by atoms with E-state index in [4.69, 9.17) is 18.9 Å². The van der Waals surface area contributed by atoms with Gasteiger partial charge in [-0.2, -0.15) is 0 Å². The number of esters is 1. The molecule has 6 nitrogen and oxygen atoms in total. The minimum absolute atomic E-state index is 0.219. The Labute approximate surface area is 183 Å². The van der Waals surface area contributed by atoms with Gasteiger partial charge in [0.05, 0.1) is 25.9 Å². The number of benzene rings is 2. The lowest BCUT2D eigenvalue weighted by atomic mass is 10.1. The highest BCUT2D eigenvalue weighted by Gasteiger charge is 2.26. The van der Waals surface area contributed by atoms with E-state index in [1.165, 1.54) is 12.8 Å². The minimum Gasteiger partial charge on any atom is -0.493 e. The molecule has 0 spiro atoms. The van der Waals surface area contributed by atoms with Gasteiger partial charge in [-0.05, 0) is 49.2 Å². The van der Waals surface area contributed by atoms with Gasteiger partial charge >= 0.3 is 5.97 Å². The van der Waals surface area contributed by atoms with Crippen molar-refractivity contribution in [2.24, 2.45) is 4.99 Å². The van der Waals surface area contributed by atoms with Gasteiger partial charge in [0.2, 0.25) is 5.90 Å². The number of carbonyl (C=O) groups excluding carboxylic acids is 1. The maximum absolute atomic E-state index is 12.4. The van der Waals surface area contributed by atoms with Gasteiger partial charge in [0.1, 0.15) is 5.75 Å². The summed E-state index contributed by atoms with van der Waals surface area (Å²) >= 11 is 0. The third-order valence-electron chi connectivity index (χ3n) is 4.78. The molecule has 0 amide bonds. The highest BCUT2D eigenvalue weighted by molar-refractivity contribution is 6.13. The Morgan fingerprint density at radius 1 is 0.968 bits per heavy atom. The van der Waals surface area contributed by atoms with Crippen molar-refractivity contribution in [2.45, 2.75) is 39.5 Å². The van der Waals surface area contributed by atoms with Gasteiger partial charge in [-0.15, -0.1) is 0 Å². The molecule has 0 aromatic heterocycles. The van der Waals surface area contributed by atoms with Crippen LogP contribution in [0.15, 0.2) is 53.2 Å². The number of methoxy groups -OCH3 is 1. The Balaban J connectivity index is 1.77. The molecule has 6 heteroatoms. The first-order valence-corrected chi connectivity index (χ1v) is 10.7. The van der Waals surface area contributed by atoms with Crippen LogP contribution in [0.25, 0.3) is 6.08 Å². The Hall–Kier alpha value is -3.28. The zero-order valence-corrected chi connectivity index (χ0v) is 18.3. The van der Waals surface area contributed by atoms with Crippen molar-refractivity contribution >= 4 is 17.9 Å². The van der Waals surface area contributed by atoms with E-state index in [2.05, 4.69) is 11.9 Å². The second-order valence-corrected chi connectivity index (χ2v) is 7.08. The zero-order chi connectivity index (χ0) is 22.1. The summed E-state index contributed by atoms with van der Waals surface area (Å²) in [6.45, 7) is 5.24. The Kier molecular flexibility index (Phi) is 8.10. The lowest BCUT2D eigenvalue weighted by molar-refractivity contribution is -0.129. The minimum atomic E-state index is -0.503. The van der Waals surface area contributed by atoms with Crippen LogP contribution >= 0.6 is 0 Å². The molecule has 0 fully saturated rings. The van der Waals surface area contributed by atoms with E-state index in [0.717, 1.165) is 18.4 Å². The fourth-order valence-electron chi connectivity index (χ4n) is 3.21. The lowest BCUT2D eigenvalue weighted by Crippen LogP contribution is -2.07. The van der Waals surface area contributed by atoms with Crippen LogP contribution in [0.4, 0.5) is 0 Å². The Morgan fingerprint density at radius 2 is 1.81 bits per heavy atom. The van der Waals surface area contributed by atoms with E-state index in [-0.39, 0.29) is 11.6 Å². The molecule has 0 aliphatic carbocycles. The number of nitrogens with zero attached hydrogens (tertiary/aromatic N) is 1. The van der Waals surface area contributed by atoms with E-state index in [1.54, 1.807) is 13.2 Å². The number of aliphatic imine (C=N–C) groups is 1. The molecule has 2 aromatic rings. The topological polar surface area (TPSA) is 66.3 Å². The third-order valence-corrected chi connectivity index (χ3v) is 4.78. The smallest absolute Gasteiger partial charge is 0.363 e. The SMILES string of the molecule is CCCCCCOc1ccc(C=C2N=C(c3ccccc3OCC)OC2=O)cc1OC. The normalized spacial score (nSPS) is 14.4. The number of para-hydroxylation sites is 1. The quantitative estimate of drug-likeness (QED) is 0.275. The predicted octanol–water partition coefficient (Wildman–Crippen LogP) is 5.40. The number of unbranched alkanes of at least 4 members (excludes halogenated alkanes) is 3. The van der Waals surface area contributed by atoms with Crippen molar-refractivity contribution in [2.75, 3.05) is 20.3 Å². The highest BCUT2D eigenvalue weighted by Crippen LogP contribution is 2.30. The molecule has 3 rings (SSSR count). The van der Waals surface area contributed by atoms with Crippen molar-refractivity contribution < 1.29 is 23.7 Å². The maximum Gasteiger partial charge on any atom is 0.363 e. The van der Waals surface area contributed by atoms with Crippen LogP contribution in [-0.2, 0) is 9.53 Å².